The summed E-state index contributed by atoms with van der Waals surface area (Å²) in [5, 5.41) is 3.89. The van der Waals surface area contributed by atoms with Gasteiger partial charge < -0.3 is 4.74 Å². The van der Waals surface area contributed by atoms with Gasteiger partial charge in [0, 0.05) is 22.7 Å². The largest absolute Gasteiger partial charge is 0.456 e. The van der Waals surface area contributed by atoms with Crippen LogP contribution in [0.2, 0.25) is 0 Å². The van der Waals surface area contributed by atoms with Gasteiger partial charge in [-0.3, -0.25) is 9.20 Å². The first kappa shape index (κ1) is 16.2. The zero-order valence-electron chi connectivity index (χ0n) is 13.4. The number of thiazole rings is 1. The van der Waals surface area contributed by atoms with Crippen molar-refractivity contribution >= 4 is 39.7 Å². The zero-order chi connectivity index (χ0) is 17.2. The van der Waals surface area contributed by atoms with E-state index >= 15 is 0 Å². The van der Waals surface area contributed by atoms with Crippen molar-refractivity contribution in [3.63, 3.8) is 0 Å². The maximum atomic E-state index is 12.4. The van der Waals surface area contributed by atoms with E-state index < -0.39 is 5.97 Å². The summed E-state index contributed by atoms with van der Waals surface area (Å²) < 4.78 is 6.91. The average Bonchev–Trinajstić information content (AvgIpc) is 3.25. The Bertz CT molecular complexity index is 999. The van der Waals surface area contributed by atoms with Gasteiger partial charge in [-0.15, -0.1) is 11.3 Å². The molecule has 128 valence electrons. The van der Waals surface area contributed by atoms with Gasteiger partial charge in [-0.05, 0) is 54.1 Å². The van der Waals surface area contributed by atoms with Crippen LogP contribution in [0.5, 0.6) is 0 Å². The molecule has 5 nitrogen and oxygen atoms in total. The predicted molar refractivity (Wildman–Crippen MR) is 99.1 cm³/mol. The number of aromatic nitrogens is 2. The van der Waals surface area contributed by atoms with Crippen LogP contribution in [0.15, 0.2) is 33.8 Å². The summed E-state index contributed by atoms with van der Waals surface area (Å²) in [6.07, 6.45) is 7.31. The molecule has 0 aromatic carbocycles. The molecular formula is C18H16N2O3S2. The molecule has 1 aliphatic rings. The Balaban J connectivity index is 1.50. The summed E-state index contributed by atoms with van der Waals surface area (Å²) >= 11 is 3.14. The molecule has 7 heteroatoms. The fourth-order valence-electron chi connectivity index (χ4n) is 2.94. The van der Waals surface area contributed by atoms with Crippen molar-refractivity contribution in [3.8, 4) is 0 Å². The van der Waals surface area contributed by atoms with Crippen molar-refractivity contribution < 1.29 is 9.53 Å². The molecule has 0 N–H and O–H groups in total. The van der Waals surface area contributed by atoms with E-state index in [1.807, 2.05) is 16.8 Å². The molecular weight excluding hydrogens is 356 g/mol. The fourth-order valence-corrected chi connectivity index (χ4v) is 4.80. The lowest BCUT2D eigenvalue weighted by molar-refractivity contribution is -0.139. The van der Waals surface area contributed by atoms with Crippen molar-refractivity contribution in [1.29, 1.82) is 0 Å². The highest BCUT2D eigenvalue weighted by atomic mass is 32.1. The Hall–Kier alpha value is -2.25. The lowest BCUT2D eigenvalue weighted by Gasteiger charge is -2.10. The van der Waals surface area contributed by atoms with Gasteiger partial charge in [0.1, 0.15) is 6.61 Å². The summed E-state index contributed by atoms with van der Waals surface area (Å²) in [4.78, 5) is 30.7. The van der Waals surface area contributed by atoms with E-state index in [2.05, 4.69) is 4.98 Å². The van der Waals surface area contributed by atoms with E-state index in [1.165, 1.54) is 17.0 Å². The Morgan fingerprint density at radius 1 is 1.36 bits per heavy atom. The molecule has 0 unspecified atom stereocenters. The number of rotatable bonds is 4. The van der Waals surface area contributed by atoms with Crippen LogP contribution < -0.4 is 5.56 Å². The summed E-state index contributed by atoms with van der Waals surface area (Å²) in [7, 11) is 0. The van der Waals surface area contributed by atoms with E-state index in [0.717, 1.165) is 36.9 Å². The van der Waals surface area contributed by atoms with Crippen molar-refractivity contribution in [2.45, 2.75) is 32.3 Å². The third-order valence-electron chi connectivity index (χ3n) is 4.13. The normalized spacial score (nSPS) is 14.1. The molecule has 0 bridgehead atoms. The first-order valence-corrected chi connectivity index (χ1v) is 9.87. The molecule has 3 aromatic rings. The molecule has 0 radical (unpaired) electrons. The van der Waals surface area contributed by atoms with Gasteiger partial charge in [0.05, 0.1) is 5.69 Å². The molecule has 0 amide bonds. The Labute approximate surface area is 152 Å². The van der Waals surface area contributed by atoms with Gasteiger partial charge in [0.2, 0.25) is 0 Å². The summed E-state index contributed by atoms with van der Waals surface area (Å²) in [6.45, 7) is 0.00111. The highest BCUT2D eigenvalue weighted by Crippen LogP contribution is 2.28. The van der Waals surface area contributed by atoms with Crippen LogP contribution in [0.3, 0.4) is 0 Å². The Morgan fingerprint density at radius 2 is 2.24 bits per heavy atom. The number of fused-ring (bicyclic) bond motifs is 3. The topological polar surface area (TPSA) is 60.7 Å². The third kappa shape index (κ3) is 3.43. The molecule has 0 aliphatic heterocycles. The van der Waals surface area contributed by atoms with Gasteiger partial charge in [-0.1, -0.05) is 0 Å². The van der Waals surface area contributed by atoms with E-state index in [0.29, 0.717) is 10.7 Å². The number of ether oxygens (including phenoxy) is 1. The van der Waals surface area contributed by atoms with Crippen LogP contribution in [-0.4, -0.2) is 15.4 Å². The minimum atomic E-state index is -0.446. The number of aryl methyl sites for hydroxylation is 2. The van der Waals surface area contributed by atoms with Crippen molar-refractivity contribution in [2.24, 2.45) is 0 Å². The maximum Gasteiger partial charge on any atom is 0.331 e. The number of hydrogen-bond donors (Lipinski definition) is 0. The van der Waals surface area contributed by atoms with Gasteiger partial charge in [-0.25, -0.2) is 9.78 Å². The van der Waals surface area contributed by atoms with Crippen LogP contribution in [0.1, 0.15) is 34.7 Å². The molecule has 0 atom stereocenters. The van der Waals surface area contributed by atoms with Gasteiger partial charge in [0.15, 0.2) is 4.96 Å². The lowest BCUT2D eigenvalue weighted by atomic mass is 10.0. The molecule has 1 aliphatic carbocycles. The van der Waals surface area contributed by atoms with Crippen LogP contribution in [-0.2, 0) is 29.0 Å². The highest BCUT2D eigenvalue weighted by molar-refractivity contribution is 7.17. The van der Waals surface area contributed by atoms with E-state index in [1.54, 1.807) is 33.2 Å². The number of esters is 1. The van der Waals surface area contributed by atoms with Crippen LogP contribution in [0.25, 0.3) is 11.0 Å². The summed E-state index contributed by atoms with van der Waals surface area (Å²) in [5.41, 5.74) is 2.46. The third-order valence-corrected chi connectivity index (χ3v) is 5.98. The number of carbonyl (C=O) groups is 1. The SMILES string of the molecule is O=C(/C=C/c1ccsc1)OCc1cc(=O)n2c3c(sc2n1)CCCC3. The van der Waals surface area contributed by atoms with E-state index in [-0.39, 0.29) is 12.2 Å². The van der Waals surface area contributed by atoms with Crippen molar-refractivity contribution in [3.05, 3.63) is 61.2 Å². The second kappa shape index (κ2) is 6.93. The van der Waals surface area contributed by atoms with Crippen molar-refractivity contribution in [2.75, 3.05) is 0 Å². The Morgan fingerprint density at radius 3 is 3.08 bits per heavy atom. The molecule has 0 fully saturated rings. The molecule has 0 saturated heterocycles. The average molecular weight is 372 g/mol. The van der Waals surface area contributed by atoms with Crippen LogP contribution in [0.4, 0.5) is 0 Å². The lowest BCUT2D eigenvalue weighted by Crippen LogP contribution is -2.18. The quantitative estimate of drug-likeness (QED) is 0.520. The highest BCUT2D eigenvalue weighted by Gasteiger charge is 2.18. The Kier molecular flexibility index (Phi) is 4.50. The molecule has 4 rings (SSSR count). The predicted octanol–water partition coefficient (Wildman–Crippen LogP) is 3.45. The number of hydrogen-bond acceptors (Lipinski definition) is 6. The van der Waals surface area contributed by atoms with E-state index in [4.69, 9.17) is 4.74 Å². The smallest absolute Gasteiger partial charge is 0.331 e. The second-order valence-corrected chi connectivity index (χ2v) is 7.72. The number of nitrogens with zero attached hydrogens (tertiary/aromatic N) is 2. The van der Waals surface area contributed by atoms with E-state index in [9.17, 15) is 9.59 Å². The second-order valence-electron chi connectivity index (χ2n) is 5.88. The number of carbonyl (C=O) groups excluding carboxylic acids is 1. The van der Waals surface area contributed by atoms with Gasteiger partial charge in [0.25, 0.3) is 5.56 Å². The van der Waals surface area contributed by atoms with Crippen LogP contribution in [0, 0.1) is 0 Å². The minimum absolute atomic E-state index is 0.00111. The fraction of sp³-hybridized carbons (Fsp3) is 0.278. The molecule has 25 heavy (non-hydrogen) atoms. The summed E-state index contributed by atoms with van der Waals surface area (Å²) in [5.74, 6) is -0.446. The minimum Gasteiger partial charge on any atom is -0.456 e. The molecule has 3 aromatic heterocycles. The maximum absolute atomic E-state index is 12.4. The monoisotopic (exact) mass is 372 g/mol. The van der Waals surface area contributed by atoms with Gasteiger partial charge in [-0.2, -0.15) is 11.3 Å². The molecule has 0 saturated carbocycles. The van der Waals surface area contributed by atoms with Crippen molar-refractivity contribution in [1.82, 2.24) is 9.38 Å². The zero-order valence-corrected chi connectivity index (χ0v) is 15.1. The van der Waals surface area contributed by atoms with Crippen LogP contribution >= 0.6 is 22.7 Å². The first-order chi connectivity index (χ1) is 12.2. The van der Waals surface area contributed by atoms with Gasteiger partial charge >= 0.3 is 5.97 Å². The molecule has 3 heterocycles. The molecule has 0 spiro atoms. The standard InChI is InChI=1S/C18H16N2O3S2/c21-16-9-13(10-23-17(22)6-5-12-7-8-24-11-12)19-18-20(16)14-3-1-2-4-15(14)25-18/h5-9,11H,1-4,10H2/b6-5+. The summed E-state index contributed by atoms with van der Waals surface area (Å²) in [6, 6.07) is 3.38. The number of thiophene rings is 1. The first-order valence-electron chi connectivity index (χ1n) is 8.11.